The van der Waals surface area contributed by atoms with Crippen molar-refractivity contribution in [1.29, 1.82) is 0 Å². The van der Waals surface area contributed by atoms with Gasteiger partial charge in [-0.1, -0.05) is 20.3 Å². The van der Waals surface area contributed by atoms with Crippen molar-refractivity contribution in [2.45, 2.75) is 58.5 Å². The Labute approximate surface area is 103 Å². The van der Waals surface area contributed by atoms with Crippen molar-refractivity contribution in [3.63, 3.8) is 0 Å². The highest BCUT2D eigenvalue weighted by Gasteiger charge is 2.18. The normalized spacial score (nSPS) is 16.3. The van der Waals surface area contributed by atoms with Gasteiger partial charge in [-0.3, -0.25) is 4.98 Å². The fourth-order valence-corrected chi connectivity index (χ4v) is 2.20. The highest BCUT2D eigenvalue weighted by Crippen LogP contribution is 2.21. The molecule has 1 fully saturated rings. The van der Waals surface area contributed by atoms with E-state index in [1.807, 2.05) is 6.92 Å². The lowest BCUT2D eigenvalue weighted by atomic mass is 9.93. The summed E-state index contributed by atoms with van der Waals surface area (Å²) in [6, 6.07) is 2.18. The zero-order valence-corrected chi connectivity index (χ0v) is 10.9. The molecule has 2 rings (SSSR count). The number of aromatic nitrogens is 1. The minimum absolute atomic E-state index is 0.182. The highest BCUT2D eigenvalue weighted by molar-refractivity contribution is 5.25. The topological polar surface area (TPSA) is 24.9 Å². The van der Waals surface area contributed by atoms with E-state index in [9.17, 15) is 4.39 Å². The third kappa shape index (κ3) is 2.83. The molecule has 1 aliphatic rings. The Morgan fingerprint density at radius 3 is 2.71 bits per heavy atom. The molecule has 1 N–H and O–H groups in total. The summed E-state index contributed by atoms with van der Waals surface area (Å²) in [4.78, 5) is 4.46. The van der Waals surface area contributed by atoms with Crippen LogP contribution in [0, 0.1) is 12.7 Å². The number of hydrogen-bond acceptors (Lipinski definition) is 2. The summed E-state index contributed by atoms with van der Waals surface area (Å²) >= 11 is 0. The fourth-order valence-electron chi connectivity index (χ4n) is 2.20. The van der Waals surface area contributed by atoms with E-state index in [2.05, 4.69) is 24.1 Å². The molecule has 0 atom stereocenters. The van der Waals surface area contributed by atoms with Crippen LogP contribution in [0.25, 0.3) is 0 Å². The molecule has 0 spiro atoms. The van der Waals surface area contributed by atoms with Gasteiger partial charge in [0.15, 0.2) is 0 Å². The Hall–Kier alpha value is -0.960. The van der Waals surface area contributed by atoms with Gasteiger partial charge in [0.2, 0.25) is 0 Å². The van der Waals surface area contributed by atoms with Crippen molar-refractivity contribution in [1.82, 2.24) is 10.3 Å². The van der Waals surface area contributed by atoms with Crippen LogP contribution in [-0.2, 0) is 6.54 Å². The molecular formula is C14H21FN2. The van der Waals surface area contributed by atoms with Gasteiger partial charge in [0.25, 0.3) is 0 Å². The van der Waals surface area contributed by atoms with Gasteiger partial charge in [0.05, 0.1) is 5.69 Å². The average molecular weight is 236 g/mol. The molecule has 1 heterocycles. The molecule has 0 bridgehead atoms. The molecular weight excluding hydrogens is 215 g/mol. The van der Waals surface area contributed by atoms with E-state index in [0.29, 0.717) is 24.2 Å². The summed E-state index contributed by atoms with van der Waals surface area (Å²) in [6.07, 6.45) is 3.72. The SMILES string of the molecule is Cc1cc(F)c(CNC2CCC2)nc1C(C)C. The molecule has 0 amide bonds. The minimum Gasteiger partial charge on any atom is -0.308 e. The first kappa shape index (κ1) is 12.5. The zero-order valence-electron chi connectivity index (χ0n) is 10.9. The van der Waals surface area contributed by atoms with E-state index < -0.39 is 0 Å². The van der Waals surface area contributed by atoms with Crippen molar-refractivity contribution >= 4 is 0 Å². The van der Waals surface area contributed by atoms with Crippen LogP contribution in [0.4, 0.5) is 4.39 Å². The quantitative estimate of drug-likeness (QED) is 0.867. The van der Waals surface area contributed by atoms with Gasteiger partial charge in [-0.2, -0.15) is 0 Å². The van der Waals surface area contributed by atoms with Crippen LogP contribution in [-0.4, -0.2) is 11.0 Å². The molecule has 0 aliphatic heterocycles. The van der Waals surface area contributed by atoms with Crippen molar-refractivity contribution < 1.29 is 4.39 Å². The average Bonchev–Trinajstić information content (AvgIpc) is 2.18. The molecule has 1 aromatic heterocycles. The first-order valence-electron chi connectivity index (χ1n) is 6.47. The maximum atomic E-state index is 13.8. The molecule has 1 aliphatic carbocycles. The molecule has 0 radical (unpaired) electrons. The second-order valence-electron chi connectivity index (χ2n) is 5.28. The molecule has 1 saturated carbocycles. The van der Waals surface area contributed by atoms with E-state index in [0.717, 1.165) is 11.3 Å². The van der Waals surface area contributed by atoms with Crippen LogP contribution in [0.1, 0.15) is 56.0 Å². The van der Waals surface area contributed by atoms with Gasteiger partial charge in [-0.05, 0) is 37.3 Å². The summed E-state index contributed by atoms with van der Waals surface area (Å²) in [5.74, 6) is 0.164. The van der Waals surface area contributed by atoms with Crippen LogP contribution in [0.2, 0.25) is 0 Å². The lowest BCUT2D eigenvalue weighted by Gasteiger charge is -2.26. The fraction of sp³-hybridized carbons (Fsp3) is 0.643. The van der Waals surface area contributed by atoms with E-state index in [1.165, 1.54) is 19.3 Å². The van der Waals surface area contributed by atoms with Crippen LogP contribution < -0.4 is 5.32 Å². The summed E-state index contributed by atoms with van der Waals surface area (Å²) in [5.41, 5.74) is 2.52. The minimum atomic E-state index is -0.182. The Kier molecular flexibility index (Phi) is 3.77. The maximum Gasteiger partial charge on any atom is 0.146 e. The monoisotopic (exact) mass is 236 g/mol. The van der Waals surface area contributed by atoms with Gasteiger partial charge in [-0.25, -0.2) is 4.39 Å². The predicted octanol–water partition coefficient (Wildman–Crippen LogP) is 3.29. The van der Waals surface area contributed by atoms with Crippen LogP contribution in [0.15, 0.2) is 6.07 Å². The van der Waals surface area contributed by atoms with Crippen molar-refractivity contribution in [3.05, 3.63) is 28.8 Å². The third-order valence-electron chi connectivity index (χ3n) is 3.49. The standard InChI is InChI=1S/C14H21FN2/c1-9(2)14-10(3)7-12(15)13(17-14)8-16-11-5-4-6-11/h7,9,11,16H,4-6,8H2,1-3H3. The van der Waals surface area contributed by atoms with Crippen molar-refractivity contribution in [3.8, 4) is 0 Å². The first-order valence-corrected chi connectivity index (χ1v) is 6.47. The number of rotatable bonds is 4. The van der Waals surface area contributed by atoms with Crippen molar-refractivity contribution in [2.24, 2.45) is 0 Å². The lowest BCUT2D eigenvalue weighted by Crippen LogP contribution is -2.35. The Balaban J connectivity index is 2.11. The Bertz CT molecular complexity index is 397. The molecule has 94 valence electrons. The second-order valence-corrected chi connectivity index (χ2v) is 5.28. The molecule has 17 heavy (non-hydrogen) atoms. The maximum absolute atomic E-state index is 13.8. The molecule has 3 heteroatoms. The summed E-state index contributed by atoms with van der Waals surface area (Å²) in [6.45, 7) is 6.66. The van der Waals surface area contributed by atoms with Gasteiger partial charge in [0.1, 0.15) is 5.82 Å². The highest BCUT2D eigenvalue weighted by atomic mass is 19.1. The van der Waals surface area contributed by atoms with Crippen LogP contribution in [0.3, 0.4) is 0 Å². The zero-order chi connectivity index (χ0) is 12.4. The lowest BCUT2D eigenvalue weighted by molar-refractivity contribution is 0.334. The molecule has 2 nitrogen and oxygen atoms in total. The van der Waals surface area contributed by atoms with Crippen LogP contribution >= 0.6 is 0 Å². The smallest absolute Gasteiger partial charge is 0.146 e. The van der Waals surface area contributed by atoms with E-state index >= 15 is 0 Å². The van der Waals surface area contributed by atoms with Gasteiger partial charge < -0.3 is 5.32 Å². The predicted molar refractivity (Wildman–Crippen MR) is 67.5 cm³/mol. The summed E-state index contributed by atoms with van der Waals surface area (Å²) in [7, 11) is 0. The van der Waals surface area contributed by atoms with Crippen molar-refractivity contribution in [2.75, 3.05) is 0 Å². The summed E-state index contributed by atoms with van der Waals surface area (Å²) in [5, 5.41) is 3.36. The molecule has 0 aromatic carbocycles. The number of pyridine rings is 1. The van der Waals surface area contributed by atoms with E-state index in [-0.39, 0.29) is 5.82 Å². The third-order valence-corrected chi connectivity index (χ3v) is 3.49. The number of aryl methyl sites for hydroxylation is 1. The number of halogens is 1. The summed E-state index contributed by atoms with van der Waals surface area (Å²) < 4.78 is 13.8. The second kappa shape index (κ2) is 5.13. The van der Waals surface area contributed by atoms with Gasteiger partial charge in [-0.15, -0.1) is 0 Å². The first-order chi connectivity index (χ1) is 8.08. The Morgan fingerprint density at radius 1 is 1.47 bits per heavy atom. The number of nitrogens with one attached hydrogen (secondary N) is 1. The molecule has 1 aromatic rings. The van der Waals surface area contributed by atoms with Crippen LogP contribution in [0.5, 0.6) is 0 Å². The molecule has 0 unspecified atom stereocenters. The largest absolute Gasteiger partial charge is 0.308 e. The van der Waals surface area contributed by atoms with E-state index in [1.54, 1.807) is 6.07 Å². The molecule has 0 saturated heterocycles. The van der Waals surface area contributed by atoms with E-state index in [4.69, 9.17) is 0 Å². The number of hydrogen-bond donors (Lipinski definition) is 1. The van der Waals surface area contributed by atoms with Gasteiger partial charge in [0, 0.05) is 18.3 Å². The number of nitrogens with zero attached hydrogens (tertiary/aromatic N) is 1. The van der Waals surface area contributed by atoms with Gasteiger partial charge >= 0.3 is 0 Å². The Morgan fingerprint density at radius 2 is 2.18 bits per heavy atom.